The zero-order valence-electron chi connectivity index (χ0n) is 34.1. The molecule has 1 aliphatic carbocycles. The second kappa shape index (κ2) is 13.9. The number of rotatable bonds is 6. The van der Waals surface area contributed by atoms with E-state index in [-0.39, 0.29) is 5.41 Å². The molecule has 11 aromatic rings. The number of nitrogens with zero attached hydrogens (tertiary/aromatic N) is 1. The largest absolute Gasteiger partial charge is 0.310 e. The molecule has 1 aromatic heterocycles. The molecule has 0 radical (unpaired) electrons. The van der Waals surface area contributed by atoms with Crippen molar-refractivity contribution in [3.63, 3.8) is 0 Å². The third-order valence-corrected chi connectivity index (χ3v) is 14.2. The molecule has 0 atom stereocenters. The van der Waals surface area contributed by atoms with Crippen LogP contribution in [0, 0.1) is 0 Å². The zero-order valence-corrected chi connectivity index (χ0v) is 34.9. The molecular formula is C59H41NS. The minimum Gasteiger partial charge on any atom is -0.310 e. The Balaban J connectivity index is 1.08. The summed E-state index contributed by atoms with van der Waals surface area (Å²) >= 11 is 1.86. The average Bonchev–Trinajstić information content (AvgIpc) is 3.80. The van der Waals surface area contributed by atoms with E-state index in [1.54, 1.807) is 0 Å². The fourth-order valence-electron chi connectivity index (χ4n) is 10.0. The molecule has 0 N–H and O–H groups in total. The van der Waals surface area contributed by atoms with Crippen LogP contribution in [0.4, 0.5) is 17.1 Å². The number of hydrogen-bond acceptors (Lipinski definition) is 2. The zero-order chi connectivity index (χ0) is 40.7. The van der Waals surface area contributed by atoms with E-state index in [1.807, 2.05) is 11.3 Å². The van der Waals surface area contributed by atoms with E-state index < -0.39 is 0 Å². The Kier molecular flexibility index (Phi) is 8.13. The monoisotopic (exact) mass is 795 g/mol. The van der Waals surface area contributed by atoms with Crippen LogP contribution in [0.3, 0.4) is 0 Å². The van der Waals surface area contributed by atoms with Gasteiger partial charge in [0.15, 0.2) is 0 Å². The smallest absolute Gasteiger partial charge is 0.0546 e. The lowest BCUT2D eigenvalue weighted by molar-refractivity contribution is 0.660. The number of anilines is 3. The van der Waals surface area contributed by atoms with Gasteiger partial charge in [-0.3, -0.25) is 0 Å². The summed E-state index contributed by atoms with van der Waals surface area (Å²) in [5, 5.41) is 7.68. The molecule has 0 bridgehead atoms. The van der Waals surface area contributed by atoms with Gasteiger partial charge in [-0.1, -0.05) is 172 Å². The molecule has 0 aliphatic heterocycles. The Labute approximate surface area is 360 Å². The summed E-state index contributed by atoms with van der Waals surface area (Å²) < 4.78 is 2.65. The molecule has 0 spiro atoms. The summed E-state index contributed by atoms with van der Waals surface area (Å²) in [5.41, 5.74) is 15.8. The second-order valence-corrected chi connectivity index (χ2v) is 18.0. The Bertz CT molecular complexity index is 3500. The van der Waals surface area contributed by atoms with E-state index in [1.165, 1.54) is 97.4 Å². The topological polar surface area (TPSA) is 3.24 Å². The van der Waals surface area contributed by atoms with Crippen molar-refractivity contribution >= 4 is 70.1 Å². The van der Waals surface area contributed by atoms with E-state index in [4.69, 9.17) is 0 Å². The Hall–Kier alpha value is -7.26. The first kappa shape index (κ1) is 35.7. The molecule has 2 heteroatoms. The van der Waals surface area contributed by atoms with Crippen LogP contribution in [0.15, 0.2) is 212 Å². The predicted molar refractivity (Wildman–Crippen MR) is 263 cm³/mol. The minimum atomic E-state index is -0.143. The summed E-state index contributed by atoms with van der Waals surface area (Å²) in [6.07, 6.45) is 0. The molecular weight excluding hydrogens is 755 g/mol. The van der Waals surface area contributed by atoms with Crippen LogP contribution in [0.2, 0.25) is 0 Å². The Morgan fingerprint density at radius 2 is 0.967 bits per heavy atom. The minimum absolute atomic E-state index is 0.143. The van der Waals surface area contributed by atoms with E-state index in [9.17, 15) is 0 Å². The molecule has 0 unspecified atom stereocenters. The second-order valence-electron chi connectivity index (χ2n) is 16.9. The average molecular weight is 796 g/mol. The van der Waals surface area contributed by atoms with Gasteiger partial charge in [-0.15, -0.1) is 11.3 Å². The molecule has 288 valence electrons. The SMILES string of the molecule is CC1(C)c2ccccc2-c2ccc(N(c3ccc(-c4ccc5sc6ccccc6c5c4)cc3)c3cc(-c4cc5ccccc5c5ccccc45)ccc3-c3ccccc3)cc21. The molecule has 0 fully saturated rings. The number of fused-ring (bicyclic) bond motifs is 9. The summed E-state index contributed by atoms with van der Waals surface area (Å²) in [6.45, 7) is 4.74. The highest BCUT2D eigenvalue weighted by Gasteiger charge is 2.36. The van der Waals surface area contributed by atoms with Crippen LogP contribution in [0.25, 0.3) is 86.2 Å². The molecule has 0 saturated carbocycles. The molecule has 61 heavy (non-hydrogen) atoms. The third kappa shape index (κ3) is 5.74. The lowest BCUT2D eigenvalue weighted by Crippen LogP contribution is -2.17. The molecule has 0 amide bonds. The summed E-state index contributed by atoms with van der Waals surface area (Å²) in [4.78, 5) is 2.49. The fourth-order valence-corrected chi connectivity index (χ4v) is 11.1. The lowest BCUT2D eigenvalue weighted by atomic mass is 9.82. The van der Waals surface area contributed by atoms with Crippen molar-refractivity contribution in [3.05, 3.63) is 223 Å². The quantitative estimate of drug-likeness (QED) is 0.152. The number of hydrogen-bond donors (Lipinski definition) is 0. The van der Waals surface area contributed by atoms with Crippen molar-refractivity contribution in [3.8, 4) is 44.5 Å². The summed E-state index contributed by atoms with van der Waals surface area (Å²) in [7, 11) is 0. The first-order valence-electron chi connectivity index (χ1n) is 21.2. The summed E-state index contributed by atoms with van der Waals surface area (Å²) in [6, 6.07) is 78.9. The first-order valence-corrected chi connectivity index (χ1v) is 22.0. The normalized spacial score (nSPS) is 12.9. The summed E-state index contributed by atoms with van der Waals surface area (Å²) in [5.74, 6) is 0. The van der Waals surface area contributed by atoms with Crippen LogP contribution < -0.4 is 4.90 Å². The molecule has 12 rings (SSSR count). The maximum absolute atomic E-state index is 2.49. The van der Waals surface area contributed by atoms with Crippen molar-refractivity contribution < 1.29 is 0 Å². The highest BCUT2D eigenvalue weighted by Crippen LogP contribution is 2.52. The van der Waals surface area contributed by atoms with Gasteiger partial charge in [-0.2, -0.15) is 0 Å². The predicted octanol–water partition coefficient (Wildman–Crippen LogP) is 17.1. The van der Waals surface area contributed by atoms with Crippen LogP contribution in [-0.2, 0) is 5.41 Å². The molecule has 1 nitrogen and oxygen atoms in total. The van der Waals surface area contributed by atoms with Crippen molar-refractivity contribution in [2.45, 2.75) is 19.3 Å². The van der Waals surface area contributed by atoms with E-state index in [2.05, 4.69) is 231 Å². The van der Waals surface area contributed by atoms with Gasteiger partial charge >= 0.3 is 0 Å². The van der Waals surface area contributed by atoms with Crippen molar-refractivity contribution in [2.75, 3.05) is 4.90 Å². The number of benzene rings is 10. The van der Waals surface area contributed by atoms with Gasteiger partial charge in [-0.25, -0.2) is 0 Å². The van der Waals surface area contributed by atoms with Gasteiger partial charge in [0.05, 0.1) is 5.69 Å². The number of thiophene rings is 1. The molecule has 1 aliphatic rings. The van der Waals surface area contributed by atoms with Gasteiger partial charge in [0.2, 0.25) is 0 Å². The Morgan fingerprint density at radius 3 is 1.82 bits per heavy atom. The highest BCUT2D eigenvalue weighted by atomic mass is 32.1. The van der Waals surface area contributed by atoms with Gasteiger partial charge in [0.25, 0.3) is 0 Å². The molecule has 1 heterocycles. The molecule has 0 saturated heterocycles. The maximum atomic E-state index is 2.49. The van der Waals surface area contributed by atoms with Crippen molar-refractivity contribution in [1.82, 2.24) is 0 Å². The van der Waals surface area contributed by atoms with Crippen LogP contribution in [0.1, 0.15) is 25.0 Å². The van der Waals surface area contributed by atoms with Gasteiger partial charge in [0.1, 0.15) is 0 Å². The first-order chi connectivity index (χ1) is 30.0. The van der Waals surface area contributed by atoms with Crippen molar-refractivity contribution in [2.24, 2.45) is 0 Å². The van der Waals surface area contributed by atoms with Gasteiger partial charge in [-0.05, 0) is 126 Å². The van der Waals surface area contributed by atoms with Crippen molar-refractivity contribution in [1.29, 1.82) is 0 Å². The van der Waals surface area contributed by atoms with Gasteiger partial charge < -0.3 is 4.90 Å². The maximum Gasteiger partial charge on any atom is 0.0546 e. The van der Waals surface area contributed by atoms with E-state index in [0.29, 0.717) is 0 Å². The highest BCUT2D eigenvalue weighted by molar-refractivity contribution is 7.25. The van der Waals surface area contributed by atoms with Crippen LogP contribution in [0.5, 0.6) is 0 Å². The van der Waals surface area contributed by atoms with Crippen LogP contribution in [-0.4, -0.2) is 0 Å². The van der Waals surface area contributed by atoms with Crippen LogP contribution >= 0.6 is 11.3 Å². The van der Waals surface area contributed by atoms with E-state index >= 15 is 0 Å². The standard InChI is InChI=1S/C59H41NS/c1-59(2)54-22-12-10-20-49(54)50-32-30-44(37-55(50)59)60(43-28-24-38(25-29-43)40-27-33-58-53(34-40)51-21-11-13-23-57(51)61-58)56-36-42(26-31-46(56)39-14-4-3-5-15-39)52-35-41-16-6-7-17-45(41)47-18-8-9-19-48(47)52/h3-37H,1-2H3. The fraction of sp³-hybridized carbons (Fsp3) is 0.0508. The van der Waals surface area contributed by atoms with E-state index in [0.717, 1.165) is 17.1 Å². The Morgan fingerprint density at radius 1 is 0.344 bits per heavy atom. The lowest BCUT2D eigenvalue weighted by Gasteiger charge is -2.30. The molecule has 10 aromatic carbocycles. The van der Waals surface area contributed by atoms with Gasteiger partial charge in [0, 0.05) is 42.5 Å². The third-order valence-electron chi connectivity index (χ3n) is 13.1.